The van der Waals surface area contributed by atoms with Crippen LogP contribution in [0.15, 0.2) is 24.3 Å². The zero-order chi connectivity index (χ0) is 13.7. The van der Waals surface area contributed by atoms with Crippen LogP contribution >= 0.6 is 0 Å². The molecule has 1 aromatic rings. The second-order valence-electron chi connectivity index (χ2n) is 5.05. The monoisotopic (exact) mass is 246 g/mol. The van der Waals surface area contributed by atoms with Crippen molar-refractivity contribution in [2.75, 3.05) is 21.2 Å². The van der Waals surface area contributed by atoms with Gasteiger partial charge >= 0.3 is 0 Å². The molecule has 0 aliphatic rings. The zero-order valence-corrected chi connectivity index (χ0v) is 11.8. The predicted molar refractivity (Wildman–Crippen MR) is 73.4 cm³/mol. The molecule has 0 aliphatic carbocycles. The van der Waals surface area contributed by atoms with Crippen LogP contribution in [-0.2, 0) is 0 Å². The Bertz CT molecular complexity index is 421. The maximum absolute atomic E-state index is 9.42. The summed E-state index contributed by atoms with van der Waals surface area (Å²) in [5.74, 6) is 1.08. The van der Waals surface area contributed by atoms with Gasteiger partial charge in [-0.25, -0.2) is 0 Å². The lowest BCUT2D eigenvalue weighted by molar-refractivity contribution is 0.205. The Morgan fingerprint density at radius 2 is 1.83 bits per heavy atom. The zero-order valence-electron chi connectivity index (χ0n) is 11.8. The fourth-order valence-corrected chi connectivity index (χ4v) is 2.29. The molecule has 0 N–H and O–H groups in total. The number of methoxy groups -OCH3 is 1. The molecule has 98 valence electrons. The van der Waals surface area contributed by atoms with Gasteiger partial charge in [-0.15, -0.1) is 0 Å². The number of nitriles is 1. The molecule has 1 rings (SSSR count). The molecule has 2 atom stereocenters. The fourth-order valence-electron chi connectivity index (χ4n) is 2.29. The van der Waals surface area contributed by atoms with Crippen LogP contribution in [0.1, 0.15) is 25.5 Å². The van der Waals surface area contributed by atoms with Crippen LogP contribution in [0, 0.1) is 23.2 Å². The summed E-state index contributed by atoms with van der Waals surface area (Å²) >= 11 is 0. The van der Waals surface area contributed by atoms with E-state index in [9.17, 15) is 5.26 Å². The SMILES string of the molecule is COc1ccccc1C(C(C#N)C(C)C)N(C)C. The van der Waals surface area contributed by atoms with Gasteiger partial charge < -0.3 is 9.64 Å². The first kappa shape index (κ1) is 14.5. The lowest BCUT2D eigenvalue weighted by Crippen LogP contribution is -2.30. The number of nitrogens with zero attached hydrogens (tertiary/aromatic N) is 2. The molecule has 0 spiro atoms. The summed E-state index contributed by atoms with van der Waals surface area (Å²) in [6, 6.07) is 10.4. The maximum Gasteiger partial charge on any atom is 0.123 e. The topological polar surface area (TPSA) is 36.3 Å². The van der Waals surface area contributed by atoms with E-state index in [1.165, 1.54) is 0 Å². The first-order valence-electron chi connectivity index (χ1n) is 6.21. The molecule has 2 unspecified atom stereocenters. The molecule has 3 heteroatoms. The van der Waals surface area contributed by atoms with Gasteiger partial charge in [0.1, 0.15) is 5.75 Å². The van der Waals surface area contributed by atoms with Gasteiger partial charge in [-0.3, -0.25) is 0 Å². The van der Waals surface area contributed by atoms with E-state index in [0.717, 1.165) is 11.3 Å². The third-order valence-corrected chi connectivity index (χ3v) is 3.22. The van der Waals surface area contributed by atoms with Crippen molar-refractivity contribution in [1.29, 1.82) is 5.26 Å². The van der Waals surface area contributed by atoms with E-state index in [1.54, 1.807) is 7.11 Å². The summed E-state index contributed by atoms with van der Waals surface area (Å²) in [5, 5.41) is 9.42. The van der Waals surface area contributed by atoms with Gasteiger partial charge in [0.25, 0.3) is 0 Å². The highest BCUT2D eigenvalue weighted by atomic mass is 16.5. The Balaban J connectivity index is 3.24. The number of ether oxygens (including phenoxy) is 1. The minimum Gasteiger partial charge on any atom is -0.496 e. The fraction of sp³-hybridized carbons (Fsp3) is 0.533. The highest BCUT2D eigenvalue weighted by molar-refractivity contribution is 5.37. The number of hydrogen-bond donors (Lipinski definition) is 0. The Hall–Kier alpha value is -1.53. The first-order valence-corrected chi connectivity index (χ1v) is 6.21. The maximum atomic E-state index is 9.42. The number of hydrogen-bond acceptors (Lipinski definition) is 3. The van der Waals surface area contributed by atoms with E-state index in [0.29, 0.717) is 5.92 Å². The van der Waals surface area contributed by atoms with Crippen LogP contribution in [0.3, 0.4) is 0 Å². The second-order valence-corrected chi connectivity index (χ2v) is 5.05. The smallest absolute Gasteiger partial charge is 0.123 e. The molecule has 0 amide bonds. The molecule has 1 aromatic carbocycles. The molecule has 0 fully saturated rings. The van der Waals surface area contributed by atoms with Crippen LogP contribution < -0.4 is 4.74 Å². The van der Waals surface area contributed by atoms with Crippen molar-refractivity contribution in [3.8, 4) is 11.8 Å². The van der Waals surface area contributed by atoms with E-state index in [2.05, 4.69) is 24.8 Å². The molecular weight excluding hydrogens is 224 g/mol. The van der Waals surface area contributed by atoms with Crippen molar-refractivity contribution in [1.82, 2.24) is 4.90 Å². The normalized spacial score (nSPS) is 14.3. The van der Waals surface area contributed by atoms with Crippen LogP contribution in [-0.4, -0.2) is 26.1 Å². The molecule has 0 aromatic heterocycles. The average Bonchev–Trinajstić information content (AvgIpc) is 2.34. The van der Waals surface area contributed by atoms with Gasteiger partial charge in [-0.2, -0.15) is 5.26 Å². The highest BCUT2D eigenvalue weighted by Crippen LogP contribution is 2.36. The van der Waals surface area contributed by atoms with Gasteiger partial charge in [-0.05, 0) is 26.1 Å². The molecule has 0 aliphatic heterocycles. The molecule has 3 nitrogen and oxygen atoms in total. The van der Waals surface area contributed by atoms with Crippen molar-refractivity contribution >= 4 is 0 Å². The molecule has 0 saturated carbocycles. The van der Waals surface area contributed by atoms with Gasteiger partial charge in [0.2, 0.25) is 0 Å². The lowest BCUT2D eigenvalue weighted by Gasteiger charge is -2.31. The number of benzene rings is 1. The van der Waals surface area contributed by atoms with Gasteiger partial charge in [0.05, 0.1) is 25.1 Å². The van der Waals surface area contributed by atoms with Crippen LogP contribution in [0.4, 0.5) is 0 Å². The summed E-state index contributed by atoms with van der Waals surface area (Å²) in [5.41, 5.74) is 1.07. The Labute approximate surface area is 110 Å². The van der Waals surface area contributed by atoms with Crippen LogP contribution in [0.25, 0.3) is 0 Å². The van der Waals surface area contributed by atoms with Gasteiger partial charge in [0.15, 0.2) is 0 Å². The van der Waals surface area contributed by atoms with Crippen LogP contribution in [0.2, 0.25) is 0 Å². The van der Waals surface area contributed by atoms with Gasteiger partial charge in [-0.1, -0.05) is 32.0 Å². The summed E-state index contributed by atoms with van der Waals surface area (Å²) < 4.78 is 5.41. The predicted octanol–water partition coefficient (Wildman–Crippen LogP) is 3.09. The average molecular weight is 246 g/mol. The molecule has 18 heavy (non-hydrogen) atoms. The van der Waals surface area contributed by atoms with Crippen molar-refractivity contribution in [2.45, 2.75) is 19.9 Å². The Morgan fingerprint density at radius 3 is 2.28 bits per heavy atom. The third-order valence-electron chi connectivity index (χ3n) is 3.22. The molecule has 0 bridgehead atoms. The molecule has 0 saturated heterocycles. The van der Waals surface area contributed by atoms with Crippen LogP contribution in [0.5, 0.6) is 5.75 Å². The van der Waals surface area contributed by atoms with Crippen molar-refractivity contribution in [3.63, 3.8) is 0 Å². The van der Waals surface area contributed by atoms with E-state index in [4.69, 9.17) is 4.74 Å². The van der Waals surface area contributed by atoms with Crippen molar-refractivity contribution in [3.05, 3.63) is 29.8 Å². The Kier molecular flexibility index (Phi) is 5.18. The minimum atomic E-state index is -0.0590. The second kappa shape index (κ2) is 6.42. The largest absolute Gasteiger partial charge is 0.496 e. The minimum absolute atomic E-state index is 0.0474. The Morgan fingerprint density at radius 1 is 1.22 bits per heavy atom. The summed E-state index contributed by atoms with van der Waals surface area (Å²) in [6.07, 6.45) is 0. The summed E-state index contributed by atoms with van der Waals surface area (Å²) in [4.78, 5) is 2.09. The quantitative estimate of drug-likeness (QED) is 0.801. The highest BCUT2D eigenvalue weighted by Gasteiger charge is 2.29. The molecule has 0 radical (unpaired) electrons. The van der Waals surface area contributed by atoms with Crippen molar-refractivity contribution < 1.29 is 4.74 Å². The summed E-state index contributed by atoms with van der Waals surface area (Å²) in [7, 11) is 5.68. The first-order chi connectivity index (χ1) is 8.52. The van der Waals surface area contributed by atoms with E-state index in [-0.39, 0.29) is 12.0 Å². The molecule has 0 heterocycles. The summed E-state index contributed by atoms with van der Waals surface area (Å²) in [6.45, 7) is 4.17. The van der Waals surface area contributed by atoms with E-state index >= 15 is 0 Å². The third kappa shape index (κ3) is 3.02. The number of rotatable bonds is 5. The van der Waals surface area contributed by atoms with E-state index in [1.807, 2.05) is 38.4 Å². The van der Waals surface area contributed by atoms with E-state index < -0.39 is 0 Å². The number of para-hydroxylation sites is 1. The standard InChI is InChI=1S/C15H22N2O/c1-11(2)13(10-16)15(17(3)4)12-8-6-7-9-14(12)18-5/h6-9,11,13,15H,1-5H3. The lowest BCUT2D eigenvalue weighted by atomic mass is 9.84. The van der Waals surface area contributed by atoms with Crippen molar-refractivity contribution in [2.24, 2.45) is 11.8 Å². The molecular formula is C15H22N2O. The van der Waals surface area contributed by atoms with Gasteiger partial charge in [0, 0.05) is 5.56 Å².